The Labute approximate surface area is 143 Å². The summed E-state index contributed by atoms with van der Waals surface area (Å²) in [7, 11) is 0. The van der Waals surface area contributed by atoms with E-state index in [9.17, 15) is 4.79 Å². The Kier molecular flexibility index (Phi) is 5.13. The van der Waals surface area contributed by atoms with E-state index in [0.29, 0.717) is 12.6 Å². The SMILES string of the molecule is CCO[C@@H]1C[C@H](NC(=O)NCCCc2c(C)noc2C)C12CCC2. The van der Waals surface area contributed by atoms with Crippen LogP contribution in [0.3, 0.4) is 0 Å². The van der Waals surface area contributed by atoms with Gasteiger partial charge in [-0.25, -0.2) is 4.79 Å². The third-order valence-electron chi connectivity index (χ3n) is 5.81. The first-order valence-corrected chi connectivity index (χ1v) is 9.14. The van der Waals surface area contributed by atoms with E-state index in [1.807, 2.05) is 20.8 Å². The molecule has 0 aliphatic heterocycles. The second-order valence-corrected chi connectivity index (χ2v) is 7.13. The fourth-order valence-corrected chi connectivity index (χ4v) is 4.18. The molecule has 24 heavy (non-hydrogen) atoms. The van der Waals surface area contributed by atoms with Crippen molar-refractivity contribution < 1.29 is 14.1 Å². The third kappa shape index (κ3) is 3.16. The number of amides is 2. The molecule has 1 heterocycles. The zero-order valence-corrected chi connectivity index (χ0v) is 15.0. The first-order chi connectivity index (χ1) is 11.6. The highest BCUT2D eigenvalue weighted by Crippen LogP contribution is 2.57. The maximum atomic E-state index is 12.1. The van der Waals surface area contributed by atoms with E-state index in [-0.39, 0.29) is 17.5 Å². The van der Waals surface area contributed by atoms with Gasteiger partial charge in [-0.15, -0.1) is 0 Å². The molecule has 0 aromatic carbocycles. The molecule has 2 saturated carbocycles. The van der Waals surface area contributed by atoms with Gasteiger partial charge in [-0.1, -0.05) is 11.6 Å². The lowest BCUT2D eigenvalue weighted by molar-refractivity contribution is -0.169. The summed E-state index contributed by atoms with van der Waals surface area (Å²) in [4.78, 5) is 12.1. The topological polar surface area (TPSA) is 76.4 Å². The van der Waals surface area contributed by atoms with E-state index in [0.717, 1.165) is 42.9 Å². The summed E-state index contributed by atoms with van der Waals surface area (Å²) in [5.74, 6) is 0.875. The first kappa shape index (κ1) is 17.3. The Morgan fingerprint density at radius 2 is 2.21 bits per heavy atom. The molecular formula is C18H29N3O3. The average molecular weight is 335 g/mol. The lowest BCUT2D eigenvalue weighted by Gasteiger charge is -2.60. The molecule has 0 radical (unpaired) electrons. The van der Waals surface area contributed by atoms with Crippen LogP contribution in [-0.4, -0.2) is 36.5 Å². The smallest absolute Gasteiger partial charge is 0.315 e. The fourth-order valence-electron chi connectivity index (χ4n) is 4.18. The first-order valence-electron chi connectivity index (χ1n) is 9.14. The van der Waals surface area contributed by atoms with E-state index < -0.39 is 0 Å². The fraction of sp³-hybridized carbons (Fsp3) is 0.778. The molecular weight excluding hydrogens is 306 g/mol. The Morgan fingerprint density at radius 1 is 1.42 bits per heavy atom. The van der Waals surface area contributed by atoms with Crippen molar-refractivity contribution in [2.75, 3.05) is 13.2 Å². The number of hydrogen-bond donors (Lipinski definition) is 2. The van der Waals surface area contributed by atoms with Crippen molar-refractivity contribution in [3.63, 3.8) is 0 Å². The van der Waals surface area contributed by atoms with Crippen LogP contribution in [0.4, 0.5) is 4.79 Å². The predicted octanol–water partition coefficient (Wildman–Crippen LogP) is 2.87. The van der Waals surface area contributed by atoms with Crippen LogP contribution in [0.25, 0.3) is 0 Å². The molecule has 1 spiro atoms. The monoisotopic (exact) mass is 335 g/mol. The molecule has 1 aromatic rings. The van der Waals surface area contributed by atoms with Gasteiger partial charge >= 0.3 is 6.03 Å². The van der Waals surface area contributed by atoms with E-state index in [4.69, 9.17) is 9.26 Å². The van der Waals surface area contributed by atoms with E-state index in [1.165, 1.54) is 19.3 Å². The number of nitrogens with zero attached hydrogens (tertiary/aromatic N) is 1. The number of hydrogen-bond acceptors (Lipinski definition) is 4. The summed E-state index contributed by atoms with van der Waals surface area (Å²) in [5.41, 5.74) is 2.31. The zero-order chi connectivity index (χ0) is 17.2. The number of nitrogens with one attached hydrogen (secondary N) is 2. The van der Waals surface area contributed by atoms with Crippen LogP contribution in [0.2, 0.25) is 0 Å². The molecule has 3 rings (SSSR count). The van der Waals surface area contributed by atoms with Gasteiger partial charge in [0.25, 0.3) is 0 Å². The molecule has 2 aliphatic rings. The van der Waals surface area contributed by atoms with E-state index in [1.54, 1.807) is 0 Å². The van der Waals surface area contributed by atoms with Crippen molar-refractivity contribution >= 4 is 6.03 Å². The van der Waals surface area contributed by atoms with Crippen LogP contribution in [0, 0.1) is 19.3 Å². The standard InChI is InChI=1S/C18H29N3O3/c1-4-23-16-11-15(18(16)8-6-9-18)20-17(22)19-10-5-7-14-12(2)21-24-13(14)3/h15-16H,4-11H2,1-3H3,(H2,19,20,22)/t15-,16+/m0/s1. The molecule has 6 nitrogen and oxygen atoms in total. The van der Waals surface area contributed by atoms with Crippen LogP contribution >= 0.6 is 0 Å². The van der Waals surface area contributed by atoms with Crippen molar-refractivity contribution in [2.24, 2.45) is 5.41 Å². The largest absolute Gasteiger partial charge is 0.378 e. The van der Waals surface area contributed by atoms with Crippen LogP contribution in [-0.2, 0) is 11.2 Å². The minimum Gasteiger partial charge on any atom is -0.378 e. The summed E-state index contributed by atoms with van der Waals surface area (Å²) < 4.78 is 11.0. The third-order valence-corrected chi connectivity index (χ3v) is 5.81. The maximum Gasteiger partial charge on any atom is 0.315 e. The highest BCUT2D eigenvalue weighted by Gasteiger charge is 2.59. The highest BCUT2D eigenvalue weighted by molar-refractivity contribution is 5.74. The maximum absolute atomic E-state index is 12.1. The Hall–Kier alpha value is -1.56. The predicted molar refractivity (Wildman–Crippen MR) is 90.9 cm³/mol. The Bertz CT molecular complexity index is 561. The molecule has 2 atom stereocenters. The molecule has 2 aliphatic carbocycles. The molecule has 0 unspecified atom stereocenters. The Morgan fingerprint density at radius 3 is 2.79 bits per heavy atom. The number of urea groups is 1. The van der Waals surface area contributed by atoms with Crippen molar-refractivity contribution in [1.29, 1.82) is 0 Å². The van der Waals surface area contributed by atoms with Crippen molar-refractivity contribution in [3.8, 4) is 0 Å². The summed E-state index contributed by atoms with van der Waals surface area (Å²) in [5, 5.41) is 10.1. The van der Waals surface area contributed by atoms with E-state index in [2.05, 4.69) is 15.8 Å². The van der Waals surface area contributed by atoms with Gasteiger partial charge in [0.05, 0.1) is 11.8 Å². The molecule has 2 amide bonds. The van der Waals surface area contributed by atoms with Crippen LogP contribution in [0.15, 0.2) is 4.52 Å². The summed E-state index contributed by atoms with van der Waals surface area (Å²) >= 11 is 0. The second-order valence-electron chi connectivity index (χ2n) is 7.13. The van der Waals surface area contributed by atoms with Gasteiger partial charge in [0, 0.05) is 30.2 Å². The van der Waals surface area contributed by atoms with Crippen LogP contribution < -0.4 is 10.6 Å². The molecule has 2 fully saturated rings. The molecule has 6 heteroatoms. The molecule has 1 aromatic heterocycles. The van der Waals surface area contributed by atoms with Gasteiger partial charge in [0.1, 0.15) is 5.76 Å². The second kappa shape index (κ2) is 7.13. The number of ether oxygens (including phenoxy) is 1. The normalized spacial score (nSPS) is 24.3. The number of rotatable bonds is 7. The number of carbonyl (C=O) groups is 1. The van der Waals surface area contributed by atoms with Crippen molar-refractivity contribution in [2.45, 2.75) is 71.4 Å². The van der Waals surface area contributed by atoms with Gasteiger partial charge in [0.15, 0.2) is 0 Å². The zero-order valence-electron chi connectivity index (χ0n) is 15.0. The number of aryl methyl sites for hydroxylation is 2. The van der Waals surface area contributed by atoms with Crippen LogP contribution in [0.1, 0.15) is 56.0 Å². The summed E-state index contributed by atoms with van der Waals surface area (Å²) in [6.07, 6.45) is 6.64. The van der Waals surface area contributed by atoms with Gasteiger partial charge in [-0.05, 0) is 52.9 Å². The highest BCUT2D eigenvalue weighted by atomic mass is 16.5. The minimum atomic E-state index is -0.0556. The number of aromatic nitrogens is 1. The van der Waals surface area contributed by atoms with Gasteiger partial charge in [0.2, 0.25) is 0 Å². The molecule has 2 N–H and O–H groups in total. The quantitative estimate of drug-likeness (QED) is 0.751. The minimum absolute atomic E-state index is 0.0556. The summed E-state index contributed by atoms with van der Waals surface area (Å²) in [6, 6.07) is 0.213. The molecule has 0 bridgehead atoms. The average Bonchev–Trinajstić information content (AvgIpc) is 2.80. The lowest BCUT2D eigenvalue weighted by Crippen LogP contribution is -2.68. The van der Waals surface area contributed by atoms with Crippen molar-refractivity contribution in [3.05, 3.63) is 17.0 Å². The van der Waals surface area contributed by atoms with E-state index >= 15 is 0 Å². The van der Waals surface area contributed by atoms with Gasteiger partial charge < -0.3 is 19.9 Å². The molecule has 134 valence electrons. The van der Waals surface area contributed by atoms with Gasteiger partial charge in [-0.3, -0.25) is 0 Å². The summed E-state index contributed by atoms with van der Waals surface area (Å²) in [6.45, 7) is 7.34. The Balaban J connectivity index is 1.38. The van der Waals surface area contributed by atoms with Crippen LogP contribution in [0.5, 0.6) is 0 Å². The molecule has 0 saturated heterocycles. The number of carbonyl (C=O) groups excluding carboxylic acids is 1. The van der Waals surface area contributed by atoms with Gasteiger partial charge in [-0.2, -0.15) is 0 Å². The lowest BCUT2D eigenvalue weighted by atomic mass is 9.51. The van der Waals surface area contributed by atoms with Crippen molar-refractivity contribution in [1.82, 2.24) is 15.8 Å².